The summed E-state index contributed by atoms with van der Waals surface area (Å²) in [5.41, 5.74) is -1.19. The van der Waals surface area contributed by atoms with Gasteiger partial charge in [-0.05, 0) is 43.3 Å². The van der Waals surface area contributed by atoms with Gasteiger partial charge in [-0.2, -0.15) is 13.2 Å². The quantitative estimate of drug-likeness (QED) is 0.339. The highest BCUT2D eigenvalue weighted by Crippen LogP contribution is 2.38. The molecule has 32 heavy (non-hydrogen) atoms. The molecular weight excluding hydrogens is 445 g/mol. The largest absolute Gasteiger partial charge is 0.478 e. The average molecular weight is 461 g/mol. The SMILES string of the molecule is C=Cc1c(C(=O)c2c(Cl)cccc2C(F)(F)F)cn(-c2ccc(C(=O)O)cc2)c1/N=C\C. The number of ketones is 1. The third-order valence-corrected chi connectivity index (χ3v) is 4.97. The van der Waals surface area contributed by atoms with Gasteiger partial charge < -0.3 is 9.67 Å². The van der Waals surface area contributed by atoms with Crippen LogP contribution in [0.5, 0.6) is 0 Å². The Labute approximate surface area is 186 Å². The molecule has 3 aromatic rings. The molecule has 0 aliphatic rings. The highest BCUT2D eigenvalue weighted by Gasteiger charge is 2.37. The van der Waals surface area contributed by atoms with Crippen LogP contribution in [-0.2, 0) is 6.18 Å². The third kappa shape index (κ3) is 4.22. The van der Waals surface area contributed by atoms with E-state index in [2.05, 4.69) is 11.6 Å². The molecule has 0 saturated heterocycles. The fourth-order valence-electron chi connectivity index (χ4n) is 3.23. The summed E-state index contributed by atoms with van der Waals surface area (Å²) in [7, 11) is 0. The lowest BCUT2D eigenvalue weighted by Gasteiger charge is -2.13. The van der Waals surface area contributed by atoms with E-state index in [9.17, 15) is 22.8 Å². The van der Waals surface area contributed by atoms with Crippen molar-refractivity contribution in [3.8, 4) is 5.69 Å². The second-order valence-electron chi connectivity index (χ2n) is 6.58. The number of benzene rings is 2. The van der Waals surface area contributed by atoms with Crippen molar-refractivity contribution >= 4 is 41.5 Å². The van der Waals surface area contributed by atoms with E-state index in [1.807, 2.05) is 0 Å². The molecule has 0 atom stereocenters. The number of aromatic carboxylic acids is 1. The summed E-state index contributed by atoms with van der Waals surface area (Å²) in [5.74, 6) is -1.81. The summed E-state index contributed by atoms with van der Waals surface area (Å²) >= 11 is 6.01. The van der Waals surface area contributed by atoms with Crippen molar-refractivity contribution in [1.82, 2.24) is 4.57 Å². The first-order valence-electron chi connectivity index (χ1n) is 9.20. The van der Waals surface area contributed by atoms with Gasteiger partial charge in [0.05, 0.1) is 27.3 Å². The molecule has 0 spiro atoms. The van der Waals surface area contributed by atoms with Crippen LogP contribution >= 0.6 is 11.6 Å². The zero-order valence-electron chi connectivity index (χ0n) is 16.7. The molecular formula is C23H16ClF3N2O3. The minimum atomic E-state index is -4.79. The molecule has 5 nitrogen and oxygen atoms in total. The van der Waals surface area contributed by atoms with Gasteiger partial charge in [-0.25, -0.2) is 9.79 Å². The molecule has 164 valence electrons. The van der Waals surface area contributed by atoms with Gasteiger partial charge in [0.15, 0.2) is 5.78 Å². The average Bonchev–Trinajstić information content (AvgIpc) is 3.11. The molecule has 0 radical (unpaired) electrons. The summed E-state index contributed by atoms with van der Waals surface area (Å²) in [5, 5.41) is 8.76. The highest BCUT2D eigenvalue weighted by molar-refractivity contribution is 6.35. The van der Waals surface area contributed by atoms with Crippen LogP contribution in [0.15, 0.2) is 60.2 Å². The predicted octanol–water partition coefficient (Wildman–Crippen LogP) is 6.44. The first kappa shape index (κ1) is 23.0. The van der Waals surface area contributed by atoms with Crippen molar-refractivity contribution in [2.75, 3.05) is 0 Å². The van der Waals surface area contributed by atoms with Crippen LogP contribution in [0.25, 0.3) is 11.8 Å². The standard InChI is InChI=1S/C23H16ClF3N2O3/c1-3-15-16(20(30)19-17(23(25,26)27)6-5-7-18(19)24)12-29(21(15)28-4-2)14-10-8-13(9-11-14)22(31)32/h3-12H,1H2,2H3,(H,31,32)/b28-4-. The normalized spacial score (nSPS) is 11.7. The Balaban J connectivity index is 2.25. The van der Waals surface area contributed by atoms with Gasteiger partial charge >= 0.3 is 12.1 Å². The molecule has 2 aromatic carbocycles. The zero-order chi connectivity index (χ0) is 23.6. The molecule has 1 heterocycles. The lowest BCUT2D eigenvalue weighted by Crippen LogP contribution is -2.14. The van der Waals surface area contributed by atoms with Crippen molar-refractivity contribution in [1.29, 1.82) is 0 Å². The Morgan fingerprint density at radius 3 is 2.34 bits per heavy atom. The maximum absolute atomic E-state index is 13.6. The molecule has 0 unspecified atom stereocenters. The Hall–Kier alpha value is -3.65. The molecule has 0 saturated carbocycles. The first-order chi connectivity index (χ1) is 15.1. The minimum Gasteiger partial charge on any atom is -0.478 e. The lowest BCUT2D eigenvalue weighted by atomic mass is 9.97. The fourth-order valence-corrected chi connectivity index (χ4v) is 3.49. The number of aliphatic imine (C=N–C) groups is 1. The van der Waals surface area contributed by atoms with Gasteiger partial charge in [0.25, 0.3) is 0 Å². The number of carbonyl (C=O) groups is 2. The van der Waals surface area contributed by atoms with Crippen molar-refractivity contribution in [2.45, 2.75) is 13.1 Å². The van der Waals surface area contributed by atoms with E-state index in [0.29, 0.717) is 5.69 Å². The number of rotatable bonds is 6. The Morgan fingerprint density at radius 1 is 1.16 bits per heavy atom. The molecule has 3 rings (SSSR count). The zero-order valence-corrected chi connectivity index (χ0v) is 17.4. The smallest absolute Gasteiger partial charge is 0.417 e. The van der Waals surface area contributed by atoms with E-state index in [0.717, 1.165) is 12.1 Å². The van der Waals surface area contributed by atoms with Gasteiger partial charge in [0, 0.05) is 23.7 Å². The van der Waals surface area contributed by atoms with Crippen molar-refractivity contribution in [2.24, 2.45) is 4.99 Å². The predicted molar refractivity (Wildman–Crippen MR) is 117 cm³/mol. The minimum absolute atomic E-state index is 0.0487. The number of halogens is 4. The van der Waals surface area contributed by atoms with E-state index in [1.165, 1.54) is 53.4 Å². The topological polar surface area (TPSA) is 71.7 Å². The van der Waals surface area contributed by atoms with Crippen LogP contribution in [0.3, 0.4) is 0 Å². The van der Waals surface area contributed by atoms with Gasteiger partial charge in [0.2, 0.25) is 0 Å². The van der Waals surface area contributed by atoms with Crippen LogP contribution in [0.2, 0.25) is 5.02 Å². The van der Waals surface area contributed by atoms with Gasteiger partial charge in [-0.15, -0.1) is 0 Å². The van der Waals surface area contributed by atoms with Crippen LogP contribution in [-0.4, -0.2) is 27.6 Å². The number of hydrogen-bond acceptors (Lipinski definition) is 3. The number of nitrogens with zero attached hydrogens (tertiary/aromatic N) is 2. The van der Waals surface area contributed by atoms with E-state index >= 15 is 0 Å². The molecule has 1 aromatic heterocycles. The van der Waals surface area contributed by atoms with E-state index < -0.39 is 29.1 Å². The van der Waals surface area contributed by atoms with E-state index in [1.54, 1.807) is 6.92 Å². The molecule has 9 heteroatoms. The summed E-state index contributed by atoms with van der Waals surface area (Å²) in [4.78, 5) is 28.6. The maximum Gasteiger partial charge on any atom is 0.417 e. The van der Waals surface area contributed by atoms with E-state index in [-0.39, 0.29) is 27.5 Å². The molecule has 0 aliphatic carbocycles. The summed E-state index contributed by atoms with van der Waals surface area (Å²) in [6.07, 6.45) is -0.679. The van der Waals surface area contributed by atoms with Gasteiger partial charge in [-0.3, -0.25) is 4.79 Å². The van der Waals surface area contributed by atoms with Crippen molar-refractivity contribution < 1.29 is 27.9 Å². The number of alkyl halides is 3. The van der Waals surface area contributed by atoms with E-state index in [4.69, 9.17) is 16.7 Å². The van der Waals surface area contributed by atoms with Gasteiger partial charge in [0.1, 0.15) is 5.82 Å². The van der Waals surface area contributed by atoms with Crippen LogP contribution in [0.1, 0.15) is 44.3 Å². The Bertz CT molecular complexity index is 1240. The number of aromatic nitrogens is 1. The lowest BCUT2D eigenvalue weighted by molar-refractivity contribution is -0.137. The summed E-state index contributed by atoms with van der Waals surface area (Å²) < 4.78 is 42.1. The molecule has 0 fully saturated rings. The molecule has 0 bridgehead atoms. The van der Waals surface area contributed by atoms with Crippen molar-refractivity contribution in [3.63, 3.8) is 0 Å². The Morgan fingerprint density at radius 2 is 1.81 bits per heavy atom. The number of hydrogen-bond donors (Lipinski definition) is 1. The monoisotopic (exact) mass is 460 g/mol. The maximum atomic E-state index is 13.6. The first-order valence-corrected chi connectivity index (χ1v) is 9.58. The second-order valence-corrected chi connectivity index (χ2v) is 6.99. The van der Waals surface area contributed by atoms with Gasteiger partial charge in [-0.1, -0.05) is 30.3 Å². The van der Waals surface area contributed by atoms with Crippen molar-refractivity contribution in [3.05, 3.63) is 88.1 Å². The summed E-state index contributed by atoms with van der Waals surface area (Å²) in [6, 6.07) is 8.85. The second kappa shape index (κ2) is 8.84. The van der Waals surface area contributed by atoms with Crippen LogP contribution < -0.4 is 0 Å². The fraction of sp³-hybridized carbons (Fsp3) is 0.0870. The van der Waals surface area contributed by atoms with Crippen LogP contribution in [0.4, 0.5) is 19.0 Å². The third-order valence-electron chi connectivity index (χ3n) is 4.66. The number of carboxylic acids is 1. The molecule has 0 amide bonds. The number of carboxylic acid groups (broad SMARTS) is 1. The molecule has 0 aliphatic heterocycles. The molecule has 1 N–H and O–H groups in total. The Kier molecular flexibility index (Phi) is 6.36. The summed E-state index contributed by atoms with van der Waals surface area (Å²) in [6.45, 7) is 5.31. The highest BCUT2D eigenvalue weighted by atomic mass is 35.5. The number of carbonyl (C=O) groups excluding carboxylic acids is 1. The van der Waals surface area contributed by atoms with Crippen LogP contribution in [0, 0.1) is 0 Å².